The normalized spacial score (nSPS) is 9.00. The average molecular weight is 143 g/mol. The van der Waals surface area contributed by atoms with E-state index in [9.17, 15) is 4.79 Å². The summed E-state index contributed by atoms with van der Waals surface area (Å²) in [5, 5.41) is 6.04. The van der Waals surface area contributed by atoms with Crippen molar-refractivity contribution in [3.05, 3.63) is 4.88 Å². The first-order chi connectivity index (χ1) is 4.34. The summed E-state index contributed by atoms with van der Waals surface area (Å²) in [4.78, 5) is 10.8. The molecule has 0 aliphatic rings. The summed E-state index contributed by atoms with van der Waals surface area (Å²) in [7, 11) is 0. The van der Waals surface area contributed by atoms with Crippen LogP contribution in [-0.4, -0.2) is 16.0 Å². The van der Waals surface area contributed by atoms with E-state index in [1.165, 1.54) is 11.5 Å². The van der Waals surface area contributed by atoms with Crippen LogP contribution >= 0.6 is 11.5 Å². The van der Waals surface area contributed by atoms with Crippen molar-refractivity contribution >= 4 is 23.8 Å². The Morgan fingerprint density at radius 3 is 3.00 bits per heavy atom. The minimum atomic E-state index is 0.551. The van der Waals surface area contributed by atoms with E-state index in [-0.39, 0.29) is 0 Å². The number of carbonyl (C=O) groups excluding carboxylic acids is 1. The smallest absolute Gasteiger partial charge is 0.212 e. The maximum absolute atomic E-state index is 9.85. The number of nitrogens with zero attached hydrogens (tertiary/aromatic N) is 2. The molecule has 0 aliphatic carbocycles. The van der Waals surface area contributed by atoms with Crippen LogP contribution in [0.15, 0.2) is 0 Å². The van der Waals surface area contributed by atoms with Crippen molar-refractivity contribution in [2.45, 2.75) is 6.92 Å². The lowest BCUT2D eigenvalue weighted by molar-refractivity contribution is -0.105. The predicted molar refractivity (Wildman–Crippen MR) is 34.3 cm³/mol. The zero-order valence-electron chi connectivity index (χ0n) is 4.79. The van der Waals surface area contributed by atoms with Crippen LogP contribution in [-0.2, 0) is 4.79 Å². The van der Waals surface area contributed by atoms with Crippen LogP contribution in [0.1, 0.15) is 4.88 Å². The van der Waals surface area contributed by atoms with Gasteiger partial charge in [-0.05, 0) is 18.5 Å². The summed E-state index contributed by atoms with van der Waals surface area (Å²) >= 11 is 1.26. The van der Waals surface area contributed by atoms with Crippen LogP contribution in [0.4, 0.5) is 5.82 Å². The third-order valence-electron chi connectivity index (χ3n) is 0.848. The number of anilines is 1. The molecule has 0 radical (unpaired) electrons. The second-order valence-electron chi connectivity index (χ2n) is 1.44. The summed E-state index contributed by atoms with van der Waals surface area (Å²) in [6, 6.07) is 0. The number of rotatable bonds is 2. The molecule has 0 spiro atoms. The molecule has 0 fully saturated rings. The number of hydrogen-bond acceptors (Lipinski definition) is 4. The van der Waals surface area contributed by atoms with Crippen LogP contribution in [0.2, 0.25) is 0 Å². The van der Waals surface area contributed by atoms with E-state index >= 15 is 0 Å². The summed E-state index contributed by atoms with van der Waals surface area (Å²) in [6.45, 7) is 1.84. The highest BCUT2D eigenvalue weighted by molar-refractivity contribution is 7.05. The van der Waals surface area contributed by atoms with Gasteiger partial charge in [0.15, 0.2) is 5.82 Å². The van der Waals surface area contributed by atoms with Gasteiger partial charge in [0.1, 0.15) is 0 Å². The van der Waals surface area contributed by atoms with E-state index in [1.54, 1.807) is 0 Å². The van der Waals surface area contributed by atoms with E-state index < -0.39 is 0 Å². The molecule has 48 valence electrons. The molecule has 5 heteroatoms. The lowest BCUT2D eigenvalue weighted by Crippen LogP contribution is -1.94. The number of carbonyl (C=O) groups is 1. The monoisotopic (exact) mass is 143 g/mol. The number of aromatic nitrogens is 2. The minimum Gasteiger partial charge on any atom is -0.311 e. The molecule has 1 N–H and O–H groups in total. The molecule has 0 aromatic carbocycles. The number of hydrogen-bond donors (Lipinski definition) is 1. The van der Waals surface area contributed by atoms with Gasteiger partial charge in [-0.25, -0.2) is 0 Å². The highest BCUT2D eigenvalue weighted by Gasteiger charge is 1.98. The Balaban J connectivity index is 2.80. The van der Waals surface area contributed by atoms with Gasteiger partial charge in [-0.3, -0.25) is 4.79 Å². The average Bonchev–Trinajstić information content (AvgIpc) is 2.18. The van der Waals surface area contributed by atoms with Crippen LogP contribution in [0.5, 0.6) is 0 Å². The topological polar surface area (TPSA) is 54.9 Å². The van der Waals surface area contributed by atoms with Gasteiger partial charge in [0.25, 0.3) is 0 Å². The molecule has 9 heavy (non-hydrogen) atoms. The Morgan fingerprint density at radius 1 is 1.78 bits per heavy atom. The molecule has 0 atom stereocenters. The van der Waals surface area contributed by atoms with Crippen molar-refractivity contribution in [2.75, 3.05) is 5.32 Å². The molecule has 0 saturated carbocycles. The highest BCUT2D eigenvalue weighted by atomic mass is 32.1. The Morgan fingerprint density at radius 2 is 2.56 bits per heavy atom. The maximum atomic E-state index is 9.85. The Kier molecular flexibility index (Phi) is 1.74. The van der Waals surface area contributed by atoms with Gasteiger partial charge in [0.05, 0.1) is 4.88 Å². The summed E-state index contributed by atoms with van der Waals surface area (Å²) in [5.74, 6) is 0.551. The molecular weight excluding hydrogens is 138 g/mol. The lowest BCUT2D eigenvalue weighted by Gasteiger charge is -1.87. The van der Waals surface area contributed by atoms with Crippen molar-refractivity contribution in [3.63, 3.8) is 0 Å². The lowest BCUT2D eigenvalue weighted by atomic mass is 10.6. The molecule has 1 rings (SSSR count). The van der Waals surface area contributed by atoms with Gasteiger partial charge in [-0.15, -0.1) is 5.10 Å². The van der Waals surface area contributed by atoms with Crippen molar-refractivity contribution in [1.82, 2.24) is 9.59 Å². The zero-order chi connectivity index (χ0) is 6.69. The van der Waals surface area contributed by atoms with E-state index in [0.29, 0.717) is 12.2 Å². The van der Waals surface area contributed by atoms with Crippen molar-refractivity contribution < 1.29 is 4.79 Å². The molecule has 0 saturated heterocycles. The molecule has 4 nitrogen and oxygen atoms in total. The quantitative estimate of drug-likeness (QED) is 0.610. The predicted octanol–water partition coefficient (Wildman–Crippen LogP) is 0.415. The Hall–Kier alpha value is -0.970. The van der Waals surface area contributed by atoms with Crippen LogP contribution in [0.25, 0.3) is 0 Å². The van der Waals surface area contributed by atoms with E-state index in [1.807, 2.05) is 6.92 Å². The Bertz CT molecular complexity index is 209. The SMILES string of the molecule is Cc1snnc1NC=O. The maximum Gasteiger partial charge on any atom is 0.212 e. The second-order valence-corrected chi connectivity index (χ2v) is 2.40. The fourth-order valence-corrected chi connectivity index (χ4v) is 0.854. The molecule has 1 heterocycles. The van der Waals surface area contributed by atoms with E-state index in [2.05, 4.69) is 14.9 Å². The summed E-state index contributed by atoms with van der Waals surface area (Å²) in [6.07, 6.45) is 0.587. The van der Waals surface area contributed by atoms with E-state index in [0.717, 1.165) is 4.88 Å². The molecule has 1 aromatic heterocycles. The third-order valence-corrected chi connectivity index (χ3v) is 1.48. The number of amides is 1. The van der Waals surface area contributed by atoms with Gasteiger partial charge in [-0.1, -0.05) is 4.49 Å². The standard InChI is InChI=1S/C4H5N3OS/c1-3-4(5-2-8)6-7-9-3/h2H,1H3,(H,5,8). The number of nitrogens with one attached hydrogen (secondary N) is 1. The second kappa shape index (κ2) is 2.54. The van der Waals surface area contributed by atoms with Crippen molar-refractivity contribution in [1.29, 1.82) is 0 Å². The number of aryl methyl sites for hydroxylation is 1. The Labute approximate surface area is 56.1 Å². The van der Waals surface area contributed by atoms with Crippen LogP contribution in [0, 0.1) is 6.92 Å². The first-order valence-electron chi connectivity index (χ1n) is 2.33. The molecule has 1 aromatic rings. The van der Waals surface area contributed by atoms with Gasteiger partial charge in [0, 0.05) is 0 Å². The highest BCUT2D eigenvalue weighted by Crippen LogP contribution is 2.11. The molecular formula is C4H5N3OS. The molecule has 1 amide bonds. The molecule has 0 aliphatic heterocycles. The van der Waals surface area contributed by atoms with Gasteiger partial charge >= 0.3 is 0 Å². The minimum absolute atomic E-state index is 0.551. The fourth-order valence-electron chi connectivity index (χ4n) is 0.422. The van der Waals surface area contributed by atoms with Gasteiger partial charge in [0.2, 0.25) is 6.41 Å². The van der Waals surface area contributed by atoms with Crippen molar-refractivity contribution in [3.8, 4) is 0 Å². The fraction of sp³-hybridized carbons (Fsp3) is 0.250. The van der Waals surface area contributed by atoms with Crippen molar-refractivity contribution in [2.24, 2.45) is 0 Å². The zero-order valence-corrected chi connectivity index (χ0v) is 5.60. The largest absolute Gasteiger partial charge is 0.311 e. The van der Waals surface area contributed by atoms with Gasteiger partial charge in [-0.2, -0.15) is 0 Å². The van der Waals surface area contributed by atoms with Crippen LogP contribution < -0.4 is 5.32 Å². The molecule has 0 unspecified atom stereocenters. The van der Waals surface area contributed by atoms with Gasteiger partial charge < -0.3 is 5.32 Å². The van der Waals surface area contributed by atoms with Crippen LogP contribution in [0.3, 0.4) is 0 Å². The first kappa shape index (κ1) is 6.15. The third kappa shape index (κ3) is 1.23. The van der Waals surface area contributed by atoms with E-state index in [4.69, 9.17) is 0 Å². The first-order valence-corrected chi connectivity index (χ1v) is 3.11. The molecule has 0 bridgehead atoms. The summed E-state index contributed by atoms with van der Waals surface area (Å²) in [5.41, 5.74) is 0. The summed E-state index contributed by atoms with van der Waals surface area (Å²) < 4.78 is 3.61.